The van der Waals surface area contributed by atoms with Crippen molar-refractivity contribution in [2.75, 3.05) is 12.3 Å². The van der Waals surface area contributed by atoms with Gasteiger partial charge in [0.25, 0.3) is 5.91 Å². The van der Waals surface area contributed by atoms with Crippen molar-refractivity contribution in [3.05, 3.63) is 29.6 Å². The van der Waals surface area contributed by atoms with E-state index in [0.29, 0.717) is 0 Å². The van der Waals surface area contributed by atoms with Gasteiger partial charge in [-0.3, -0.25) is 9.59 Å². The van der Waals surface area contributed by atoms with Gasteiger partial charge in [-0.05, 0) is 31.5 Å². The van der Waals surface area contributed by atoms with Crippen LogP contribution >= 0.6 is 0 Å². The number of carbonyl (C=O) groups is 2. The van der Waals surface area contributed by atoms with Gasteiger partial charge in [-0.25, -0.2) is 4.39 Å². The van der Waals surface area contributed by atoms with Crippen molar-refractivity contribution in [1.82, 2.24) is 10.6 Å². The lowest BCUT2D eigenvalue weighted by atomic mass is 10.2. The molecule has 1 atom stereocenters. The van der Waals surface area contributed by atoms with Crippen LogP contribution in [-0.4, -0.2) is 24.4 Å². The summed E-state index contributed by atoms with van der Waals surface area (Å²) >= 11 is 0. The van der Waals surface area contributed by atoms with E-state index in [-0.39, 0.29) is 36.2 Å². The monoisotopic (exact) mass is 281 g/mol. The van der Waals surface area contributed by atoms with Gasteiger partial charge in [0.2, 0.25) is 5.91 Å². The summed E-state index contributed by atoms with van der Waals surface area (Å²) in [5.41, 5.74) is 5.50. The van der Waals surface area contributed by atoms with E-state index < -0.39 is 11.7 Å². The minimum absolute atomic E-state index is 0.00511. The number of nitrogen functional groups attached to an aromatic ring is 1. The first kappa shape index (κ1) is 15.9. The van der Waals surface area contributed by atoms with Crippen LogP contribution in [0, 0.1) is 5.82 Å². The summed E-state index contributed by atoms with van der Waals surface area (Å²) < 4.78 is 13.2. The molecule has 0 aliphatic rings. The van der Waals surface area contributed by atoms with E-state index >= 15 is 0 Å². The average molecular weight is 281 g/mol. The quantitative estimate of drug-likeness (QED) is 0.690. The Morgan fingerprint density at radius 1 is 1.40 bits per heavy atom. The lowest BCUT2D eigenvalue weighted by molar-refractivity contribution is -0.121. The fourth-order valence-corrected chi connectivity index (χ4v) is 1.51. The maximum atomic E-state index is 13.2. The van der Waals surface area contributed by atoms with Gasteiger partial charge in [0.1, 0.15) is 5.82 Å². The molecule has 5 nitrogen and oxygen atoms in total. The van der Waals surface area contributed by atoms with Crippen molar-refractivity contribution in [3.63, 3.8) is 0 Å². The number of carbonyl (C=O) groups excluding carboxylic acids is 2. The first-order valence-corrected chi connectivity index (χ1v) is 6.56. The first-order valence-electron chi connectivity index (χ1n) is 6.56. The van der Waals surface area contributed by atoms with E-state index in [9.17, 15) is 14.0 Å². The van der Waals surface area contributed by atoms with Crippen molar-refractivity contribution in [1.29, 1.82) is 0 Å². The summed E-state index contributed by atoms with van der Waals surface area (Å²) in [5, 5.41) is 5.35. The summed E-state index contributed by atoms with van der Waals surface area (Å²) in [6.45, 7) is 4.09. The van der Waals surface area contributed by atoms with Gasteiger partial charge in [0.15, 0.2) is 0 Å². The Morgan fingerprint density at radius 3 is 2.70 bits per heavy atom. The molecule has 0 bridgehead atoms. The maximum Gasteiger partial charge on any atom is 0.251 e. The molecule has 1 rings (SSSR count). The van der Waals surface area contributed by atoms with Crippen LogP contribution < -0.4 is 16.4 Å². The molecule has 0 aliphatic carbocycles. The molecule has 20 heavy (non-hydrogen) atoms. The van der Waals surface area contributed by atoms with Crippen LogP contribution in [-0.2, 0) is 4.79 Å². The number of nitrogens with two attached hydrogens (primary N) is 1. The molecule has 0 spiro atoms. The van der Waals surface area contributed by atoms with Crippen LogP contribution in [0.3, 0.4) is 0 Å². The Balaban J connectivity index is 2.40. The molecule has 0 aliphatic heterocycles. The molecule has 0 heterocycles. The number of rotatable bonds is 6. The topological polar surface area (TPSA) is 84.2 Å². The van der Waals surface area contributed by atoms with E-state index in [1.54, 1.807) is 0 Å². The SMILES string of the molecule is CCC(C)NC(=O)CCNC(=O)c1ccc(N)c(F)c1. The van der Waals surface area contributed by atoms with Crippen molar-refractivity contribution in [2.24, 2.45) is 0 Å². The van der Waals surface area contributed by atoms with Gasteiger partial charge < -0.3 is 16.4 Å². The molecule has 1 unspecified atom stereocenters. The third kappa shape index (κ3) is 4.87. The molecular formula is C14H20FN3O2. The van der Waals surface area contributed by atoms with Crippen LogP contribution in [0.25, 0.3) is 0 Å². The number of hydrogen-bond donors (Lipinski definition) is 3. The predicted octanol–water partition coefficient (Wildman–Crippen LogP) is 1.44. The molecule has 110 valence electrons. The van der Waals surface area contributed by atoms with Crippen LogP contribution in [0.2, 0.25) is 0 Å². The standard InChI is InChI=1S/C14H20FN3O2/c1-3-9(2)18-13(19)6-7-17-14(20)10-4-5-12(16)11(15)8-10/h4-5,8-9H,3,6-7,16H2,1-2H3,(H,17,20)(H,18,19). The molecule has 0 fully saturated rings. The Bertz CT molecular complexity index is 491. The zero-order chi connectivity index (χ0) is 15.1. The fraction of sp³-hybridized carbons (Fsp3) is 0.429. The van der Waals surface area contributed by atoms with Gasteiger partial charge in [0, 0.05) is 24.6 Å². The van der Waals surface area contributed by atoms with Crippen molar-refractivity contribution in [2.45, 2.75) is 32.7 Å². The first-order chi connectivity index (χ1) is 9.43. The van der Waals surface area contributed by atoms with Crippen molar-refractivity contribution < 1.29 is 14.0 Å². The van der Waals surface area contributed by atoms with Gasteiger partial charge in [-0.15, -0.1) is 0 Å². The van der Waals surface area contributed by atoms with Gasteiger partial charge in [-0.1, -0.05) is 6.92 Å². The van der Waals surface area contributed by atoms with E-state index in [1.165, 1.54) is 12.1 Å². The molecule has 2 amide bonds. The Kier molecular flexibility index (Phi) is 5.96. The lowest BCUT2D eigenvalue weighted by Gasteiger charge is -2.11. The summed E-state index contributed by atoms with van der Waals surface area (Å²) in [7, 11) is 0. The van der Waals surface area contributed by atoms with E-state index in [1.807, 2.05) is 13.8 Å². The molecular weight excluding hydrogens is 261 g/mol. The summed E-state index contributed by atoms with van der Waals surface area (Å²) in [5.74, 6) is -1.18. The second kappa shape index (κ2) is 7.47. The highest BCUT2D eigenvalue weighted by Gasteiger charge is 2.09. The number of benzene rings is 1. The molecule has 0 saturated heterocycles. The van der Waals surface area contributed by atoms with E-state index in [0.717, 1.165) is 12.5 Å². The zero-order valence-corrected chi connectivity index (χ0v) is 11.7. The van der Waals surface area contributed by atoms with Gasteiger partial charge in [0.05, 0.1) is 5.69 Å². The largest absolute Gasteiger partial charge is 0.396 e. The number of anilines is 1. The van der Waals surface area contributed by atoms with Crippen molar-refractivity contribution >= 4 is 17.5 Å². The van der Waals surface area contributed by atoms with Crippen LogP contribution in [0.4, 0.5) is 10.1 Å². The second-order valence-electron chi connectivity index (χ2n) is 4.62. The number of halogens is 1. The molecule has 0 aromatic heterocycles. The molecule has 4 N–H and O–H groups in total. The molecule has 0 radical (unpaired) electrons. The molecule has 1 aromatic rings. The second-order valence-corrected chi connectivity index (χ2v) is 4.62. The smallest absolute Gasteiger partial charge is 0.251 e. The van der Waals surface area contributed by atoms with Crippen LogP contribution in [0.5, 0.6) is 0 Å². The highest BCUT2D eigenvalue weighted by Crippen LogP contribution is 2.11. The fourth-order valence-electron chi connectivity index (χ4n) is 1.51. The van der Waals surface area contributed by atoms with Gasteiger partial charge >= 0.3 is 0 Å². The lowest BCUT2D eigenvalue weighted by Crippen LogP contribution is -2.35. The minimum Gasteiger partial charge on any atom is -0.396 e. The highest BCUT2D eigenvalue weighted by molar-refractivity contribution is 5.94. The Labute approximate surface area is 117 Å². The van der Waals surface area contributed by atoms with Gasteiger partial charge in [-0.2, -0.15) is 0 Å². The molecule has 1 aromatic carbocycles. The number of hydrogen-bond acceptors (Lipinski definition) is 3. The summed E-state index contributed by atoms with van der Waals surface area (Å²) in [6, 6.07) is 3.96. The maximum absolute atomic E-state index is 13.2. The van der Waals surface area contributed by atoms with E-state index in [4.69, 9.17) is 5.73 Å². The normalized spacial score (nSPS) is 11.8. The van der Waals surface area contributed by atoms with Crippen LogP contribution in [0.1, 0.15) is 37.0 Å². The molecule has 0 saturated carbocycles. The summed E-state index contributed by atoms with van der Waals surface area (Å²) in [6.07, 6.45) is 1.04. The zero-order valence-electron chi connectivity index (χ0n) is 11.7. The van der Waals surface area contributed by atoms with Crippen molar-refractivity contribution in [3.8, 4) is 0 Å². The van der Waals surface area contributed by atoms with E-state index in [2.05, 4.69) is 10.6 Å². The third-order valence-electron chi connectivity index (χ3n) is 2.92. The number of amides is 2. The third-order valence-corrected chi connectivity index (χ3v) is 2.92. The molecule has 6 heteroatoms. The Morgan fingerprint density at radius 2 is 2.10 bits per heavy atom. The highest BCUT2D eigenvalue weighted by atomic mass is 19.1. The summed E-state index contributed by atoms with van der Waals surface area (Å²) in [4.78, 5) is 23.2. The average Bonchev–Trinajstić information content (AvgIpc) is 2.41. The van der Waals surface area contributed by atoms with Crippen LogP contribution in [0.15, 0.2) is 18.2 Å². The minimum atomic E-state index is -0.632. The predicted molar refractivity (Wildman–Crippen MR) is 75.7 cm³/mol. The Hall–Kier alpha value is -2.11. The number of nitrogens with one attached hydrogen (secondary N) is 2.